The minimum absolute atomic E-state index is 0.0899. The van der Waals surface area contributed by atoms with Crippen molar-refractivity contribution in [3.63, 3.8) is 0 Å². The molecule has 0 unspecified atom stereocenters. The molecule has 1 saturated heterocycles. The molecule has 0 saturated carbocycles. The molecular weight excluding hydrogens is 408 g/mol. The largest absolute Gasteiger partial charge is 0.481 e. The highest BCUT2D eigenvalue weighted by molar-refractivity contribution is 6.33. The number of fused-ring (bicyclic) bond motifs is 1. The first kappa shape index (κ1) is 23.7. The summed E-state index contributed by atoms with van der Waals surface area (Å²) < 4.78 is 5.27. The molecule has 2 amide bonds. The molecule has 30 heavy (non-hydrogen) atoms. The number of carboxylic acid groups (broad SMARTS) is 1. The molecule has 1 aromatic carbocycles. The Morgan fingerprint density at radius 1 is 1.27 bits per heavy atom. The van der Waals surface area contributed by atoms with E-state index in [0.29, 0.717) is 30.4 Å². The highest BCUT2D eigenvalue weighted by atomic mass is 35.5. The Bertz CT molecular complexity index is 801. The van der Waals surface area contributed by atoms with Crippen LogP contribution in [-0.4, -0.2) is 47.7 Å². The maximum Gasteiger partial charge on any atom is 0.321 e. The number of amides is 2. The molecule has 0 aromatic heterocycles. The summed E-state index contributed by atoms with van der Waals surface area (Å²) in [5, 5.41) is 10.9. The number of carbonyl (C=O) groups is 3. The SMILES string of the molecule is CC(=O)O.CCOC(=O)[C@@H]1[C@H]2CN(C(=O)Nc3c(C)cccc3Cl)C[C@@H]2C=C[C@@H]1C. The van der Waals surface area contributed by atoms with Gasteiger partial charge in [0.15, 0.2) is 0 Å². The van der Waals surface area contributed by atoms with Crippen molar-refractivity contribution in [2.24, 2.45) is 23.7 Å². The third kappa shape index (κ3) is 5.75. The van der Waals surface area contributed by atoms with E-state index < -0.39 is 5.97 Å². The van der Waals surface area contributed by atoms with Crippen LogP contribution in [0.2, 0.25) is 5.02 Å². The summed E-state index contributed by atoms with van der Waals surface area (Å²) in [4.78, 5) is 35.9. The van der Waals surface area contributed by atoms with Crippen LogP contribution in [0.4, 0.5) is 10.5 Å². The number of carbonyl (C=O) groups excluding carboxylic acids is 2. The first-order valence-corrected chi connectivity index (χ1v) is 10.4. The maximum atomic E-state index is 12.8. The number of carboxylic acids is 1. The number of likely N-dealkylation sites (tertiary alicyclic amines) is 1. The van der Waals surface area contributed by atoms with Gasteiger partial charge in [-0.25, -0.2) is 4.79 Å². The third-order valence-corrected chi connectivity index (χ3v) is 5.72. The lowest BCUT2D eigenvalue weighted by molar-refractivity contribution is -0.152. The molecule has 0 radical (unpaired) electrons. The van der Waals surface area contributed by atoms with E-state index in [1.54, 1.807) is 11.0 Å². The van der Waals surface area contributed by atoms with Crippen molar-refractivity contribution in [3.05, 3.63) is 40.9 Å². The van der Waals surface area contributed by atoms with Crippen LogP contribution in [0.5, 0.6) is 0 Å². The molecular formula is C22H29ClN2O5. The molecule has 3 rings (SSSR count). The fourth-order valence-corrected chi connectivity index (χ4v) is 4.30. The zero-order valence-electron chi connectivity index (χ0n) is 17.7. The van der Waals surface area contributed by atoms with E-state index >= 15 is 0 Å². The van der Waals surface area contributed by atoms with Crippen molar-refractivity contribution in [2.75, 3.05) is 25.0 Å². The van der Waals surface area contributed by atoms with Gasteiger partial charge in [-0.1, -0.05) is 42.8 Å². The van der Waals surface area contributed by atoms with Crippen LogP contribution in [0.25, 0.3) is 0 Å². The molecule has 1 heterocycles. The van der Waals surface area contributed by atoms with Crippen LogP contribution in [-0.2, 0) is 14.3 Å². The number of anilines is 1. The second-order valence-corrected chi connectivity index (χ2v) is 8.04. The Morgan fingerprint density at radius 3 is 2.53 bits per heavy atom. The molecule has 2 N–H and O–H groups in total. The average Bonchev–Trinajstić information content (AvgIpc) is 3.08. The molecule has 0 bridgehead atoms. The van der Waals surface area contributed by atoms with Crippen LogP contribution in [0.15, 0.2) is 30.4 Å². The molecule has 4 atom stereocenters. The van der Waals surface area contributed by atoms with Crippen molar-refractivity contribution in [2.45, 2.75) is 27.7 Å². The van der Waals surface area contributed by atoms with Crippen LogP contribution in [0, 0.1) is 30.6 Å². The lowest BCUT2D eigenvalue weighted by Crippen LogP contribution is -2.38. The van der Waals surface area contributed by atoms with Crippen molar-refractivity contribution >= 4 is 35.3 Å². The van der Waals surface area contributed by atoms with Crippen molar-refractivity contribution < 1.29 is 24.2 Å². The fourth-order valence-electron chi connectivity index (χ4n) is 4.04. The summed E-state index contributed by atoms with van der Waals surface area (Å²) in [6.45, 7) is 8.35. The Morgan fingerprint density at radius 2 is 1.93 bits per heavy atom. The van der Waals surface area contributed by atoms with Crippen LogP contribution in [0.3, 0.4) is 0 Å². The molecule has 7 nitrogen and oxygen atoms in total. The van der Waals surface area contributed by atoms with Gasteiger partial charge in [0.1, 0.15) is 0 Å². The van der Waals surface area contributed by atoms with Gasteiger partial charge in [-0.3, -0.25) is 9.59 Å². The number of para-hydroxylation sites is 1. The van der Waals surface area contributed by atoms with Gasteiger partial charge in [0.25, 0.3) is 5.97 Å². The Kier molecular flexibility index (Phi) is 8.29. The number of esters is 1. The Hall–Kier alpha value is -2.54. The van der Waals surface area contributed by atoms with Gasteiger partial charge < -0.3 is 20.1 Å². The van der Waals surface area contributed by atoms with Gasteiger partial charge in [-0.05, 0) is 43.2 Å². The Balaban J connectivity index is 0.000000735. The van der Waals surface area contributed by atoms with E-state index in [1.165, 1.54) is 0 Å². The highest BCUT2D eigenvalue weighted by Crippen LogP contribution is 2.40. The molecule has 0 spiro atoms. The highest BCUT2D eigenvalue weighted by Gasteiger charge is 2.46. The summed E-state index contributed by atoms with van der Waals surface area (Å²) in [6, 6.07) is 5.34. The van der Waals surface area contributed by atoms with E-state index in [2.05, 4.69) is 17.5 Å². The van der Waals surface area contributed by atoms with Gasteiger partial charge >= 0.3 is 12.0 Å². The number of ether oxygens (including phenoxy) is 1. The number of aryl methyl sites for hydroxylation is 1. The van der Waals surface area contributed by atoms with Crippen LogP contribution < -0.4 is 5.32 Å². The van der Waals surface area contributed by atoms with E-state index in [-0.39, 0.29) is 35.7 Å². The van der Waals surface area contributed by atoms with Crippen molar-refractivity contribution in [1.82, 2.24) is 4.90 Å². The zero-order valence-corrected chi connectivity index (χ0v) is 18.5. The second-order valence-electron chi connectivity index (χ2n) is 7.64. The number of urea groups is 1. The summed E-state index contributed by atoms with van der Waals surface area (Å²) in [7, 11) is 0. The van der Waals surface area contributed by atoms with Gasteiger partial charge in [0, 0.05) is 20.0 Å². The average molecular weight is 437 g/mol. The Labute approximate surface area is 182 Å². The summed E-state index contributed by atoms with van der Waals surface area (Å²) in [5.41, 5.74) is 1.56. The number of halogens is 1. The summed E-state index contributed by atoms with van der Waals surface area (Å²) in [5.74, 6) is -0.816. The smallest absolute Gasteiger partial charge is 0.321 e. The van der Waals surface area contributed by atoms with Crippen LogP contribution >= 0.6 is 11.6 Å². The van der Waals surface area contributed by atoms with Gasteiger partial charge in [-0.2, -0.15) is 0 Å². The molecule has 8 heteroatoms. The van der Waals surface area contributed by atoms with E-state index in [0.717, 1.165) is 12.5 Å². The first-order chi connectivity index (χ1) is 14.1. The first-order valence-electron chi connectivity index (χ1n) is 10.0. The van der Waals surface area contributed by atoms with Crippen molar-refractivity contribution in [3.8, 4) is 0 Å². The lowest BCUT2D eigenvalue weighted by atomic mass is 9.72. The lowest BCUT2D eigenvalue weighted by Gasteiger charge is -2.31. The minimum Gasteiger partial charge on any atom is -0.481 e. The van der Waals surface area contributed by atoms with Crippen LogP contribution in [0.1, 0.15) is 26.3 Å². The van der Waals surface area contributed by atoms with Gasteiger partial charge in [-0.15, -0.1) is 0 Å². The number of hydrogen-bond donors (Lipinski definition) is 2. The monoisotopic (exact) mass is 436 g/mol. The van der Waals surface area contributed by atoms with Gasteiger partial charge in [0.05, 0.1) is 23.2 Å². The third-order valence-electron chi connectivity index (χ3n) is 5.40. The maximum absolute atomic E-state index is 12.8. The molecule has 1 aliphatic heterocycles. The molecule has 164 valence electrons. The topological polar surface area (TPSA) is 95.9 Å². The van der Waals surface area contributed by atoms with E-state index in [4.69, 9.17) is 26.2 Å². The number of allylic oxidation sites excluding steroid dienone is 1. The molecule has 1 aromatic rings. The number of hydrogen-bond acceptors (Lipinski definition) is 4. The zero-order chi connectivity index (χ0) is 22.4. The molecule has 1 fully saturated rings. The molecule has 2 aliphatic rings. The number of benzene rings is 1. The number of nitrogens with zero attached hydrogens (tertiary/aromatic N) is 1. The van der Waals surface area contributed by atoms with E-state index in [9.17, 15) is 9.59 Å². The minimum atomic E-state index is -0.833. The number of aliphatic carboxylic acids is 1. The summed E-state index contributed by atoms with van der Waals surface area (Å²) in [6.07, 6.45) is 4.21. The predicted molar refractivity (Wildman–Crippen MR) is 115 cm³/mol. The predicted octanol–water partition coefficient (Wildman–Crippen LogP) is 4.20. The normalized spacial score (nSPS) is 24.4. The second kappa shape index (κ2) is 10.5. The number of nitrogens with one attached hydrogen (secondary N) is 1. The number of rotatable bonds is 3. The quantitative estimate of drug-likeness (QED) is 0.546. The van der Waals surface area contributed by atoms with Crippen molar-refractivity contribution in [1.29, 1.82) is 0 Å². The van der Waals surface area contributed by atoms with Gasteiger partial charge in [0.2, 0.25) is 0 Å². The summed E-state index contributed by atoms with van der Waals surface area (Å²) >= 11 is 6.22. The fraction of sp³-hybridized carbons (Fsp3) is 0.500. The standard InChI is InChI=1S/C20H25ClN2O3.C2H4O2/c1-4-26-19(24)17-12(2)8-9-14-10-23(11-15(14)17)20(25)22-18-13(3)6-5-7-16(18)21;1-2(3)4/h5-9,12,14-15,17H,4,10-11H2,1-3H3,(H,22,25);1H3,(H,3,4)/t12-,14-,15-,17-;/m0./s1. The van der Waals surface area contributed by atoms with E-state index in [1.807, 2.05) is 32.9 Å². The molecule has 1 aliphatic carbocycles.